The molecule has 7 nitrogen and oxygen atoms in total. The average molecular weight is 318 g/mol. The van der Waals surface area contributed by atoms with Crippen LogP contribution < -0.4 is 0 Å². The Morgan fingerprint density at radius 1 is 1.43 bits per heavy atom. The summed E-state index contributed by atoms with van der Waals surface area (Å²) in [6, 6.07) is 5.11. The third-order valence-corrected chi connectivity index (χ3v) is 2.93. The molecule has 0 radical (unpaired) electrons. The predicted octanol–water partition coefficient (Wildman–Crippen LogP) is 3.07. The van der Waals surface area contributed by atoms with Gasteiger partial charge in [0.05, 0.1) is 4.92 Å². The second-order valence-corrected chi connectivity index (χ2v) is 4.17. The average Bonchev–Trinajstić information content (AvgIpc) is 2.76. The molecule has 0 aliphatic heterocycles. The van der Waals surface area contributed by atoms with Gasteiger partial charge in [0, 0.05) is 6.07 Å². The second kappa shape index (κ2) is 5.44. The van der Waals surface area contributed by atoms with Gasteiger partial charge in [0.25, 0.3) is 12.1 Å². The van der Waals surface area contributed by atoms with Gasteiger partial charge in [-0.1, -0.05) is 23.7 Å². The number of hydrogen-bond donors (Lipinski definition) is 1. The molecule has 0 spiro atoms. The molecule has 0 aliphatic carbocycles. The molecule has 1 aromatic heterocycles. The minimum absolute atomic E-state index is 0.207. The SMILES string of the molecule is O=C(O)c1c(C(F)F)nn(-c2ccccc2[N+](=O)[O-])c1Cl. The maximum Gasteiger partial charge on any atom is 0.341 e. The van der Waals surface area contributed by atoms with Crippen LogP contribution in [0.25, 0.3) is 5.69 Å². The standard InChI is InChI=1S/C11H6ClF2N3O4/c12-9-7(11(18)19)8(10(13)14)15-16(9)5-3-1-2-4-6(5)17(20)21/h1-4,10H,(H,18,19). The molecule has 0 atom stereocenters. The third-order valence-electron chi connectivity index (χ3n) is 2.58. The highest BCUT2D eigenvalue weighted by atomic mass is 35.5. The predicted molar refractivity (Wildman–Crippen MR) is 67.1 cm³/mol. The van der Waals surface area contributed by atoms with Crippen molar-refractivity contribution in [1.82, 2.24) is 9.78 Å². The van der Waals surface area contributed by atoms with E-state index in [1.54, 1.807) is 0 Å². The first-order chi connectivity index (χ1) is 9.84. The number of carbonyl (C=O) groups is 1. The topological polar surface area (TPSA) is 98.3 Å². The lowest BCUT2D eigenvalue weighted by molar-refractivity contribution is -0.384. The van der Waals surface area contributed by atoms with Gasteiger partial charge in [-0.25, -0.2) is 18.3 Å². The van der Waals surface area contributed by atoms with Crippen molar-refractivity contribution in [2.75, 3.05) is 0 Å². The number of nitro benzene ring substituents is 1. The van der Waals surface area contributed by atoms with Gasteiger partial charge in [0.2, 0.25) is 0 Å². The normalized spacial score (nSPS) is 10.9. The van der Waals surface area contributed by atoms with Crippen LogP contribution in [0.5, 0.6) is 0 Å². The van der Waals surface area contributed by atoms with E-state index in [0.717, 1.165) is 6.07 Å². The van der Waals surface area contributed by atoms with Crippen LogP contribution >= 0.6 is 11.6 Å². The summed E-state index contributed by atoms with van der Waals surface area (Å²) in [6.07, 6.45) is -3.18. The maximum atomic E-state index is 12.8. The lowest BCUT2D eigenvalue weighted by Gasteiger charge is -2.03. The molecular formula is C11H6ClF2N3O4. The molecule has 0 bridgehead atoms. The van der Waals surface area contributed by atoms with Gasteiger partial charge in [0.15, 0.2) is 0 Å². The van der Waals surface area contributed by atoms with Crippen molar-refractivity contribution in [2.45, 2.75) is 6.43 Å². The van der Waals surface area contributed by atoms with E-state index in [2.05, 4.69) is 5.10 Å². The smallest absolute Gasteiger partial charge is 0.341 e. The van der Waals surface area contributed by atoms with Crippen LogP contribution in [-0.4, -0.2) is 25.8 Å². The van der Waals surface area contributed by atoms with Crippen molar-refractivity contribution >= 4 is 23.3 Å². The van der Waals surface area contributed by atoms with Crippen molar-refractivity contribution in [3.63, 3.8) is 0 Å². The summed E-state index contributed by atoms with van der Waals surface area (Å²) >= 11 is 5.74. The summed E-state index contributed by atoms with van der Waals surface area (Å²) < 4.78 is 26.3. The Labute approximate surface area is 120 Å². The van der Waals surface area contributed by atoms with E-state index >= 15 is 0 Å². The van der Waals surface area contributed by atoms with E-state index in [-0.39, 0.29) is 5.69 Å². The molecule has 0 unspecified atom stereocenters. The number of halogens is 3. The minimum Gasteiger partial charge on any atom is -0.478 e. The van der Waals surface area contributed by atoms with E-state index in [4.69, 9.17) is 16.7 Å². The van der Waals surface area contributed by atoms with Gasteiger partial charge in [-0.2, -0.15) is 5.10 Å². The first kappa shape index (κ1) is 14.9. The van der Waals surface area contributed by atoms with Crippen molar-refractivity contribution in [3.05, 3.63) is 50.8 Å². The van der Waals surface area contributed by atoms with Gasteiger partial charge in [0.1, 0.15) is 22.1 Å². The fraction of sp³-hybridized carbons (Fsp3) is 0.0909. The zero-order valence-corrected chi connectivity index (χ0v) is 10.8. The van der Waals surface area contributed by atoms with Crippen molar-refractivity contribution in [1.29, 1.82) is 0 Å². The van der Waals surface area contributed by atoms with Crippen LogP contribution in [0.4, 0.5) is 14.5 Å². The molecular weight excluding hydrogens is 312 g/mol. The number of alkyl halides is 2. The quantitative estimate of drug-likeness (QED) is 0.690. The molecule has 2 aromatic rings. The monoisotopic (exact) mass is 317 g/mol. The molecule has 10 heteroatoms. The highest BCUT2D eigenvalue weighted by Gasteiger charge is 2.30. The lowest BCUT2D eigenvalue weighted by Crippen LogP contribution is -2.02. The van der Waals surface area contributed by atoms with Crippen LogP contribution in [0.3, 0.4) is 0 Å². The molecule has 0 aliphatic rings. The number of aromatic nitrogens is 2. The van der Waals surface area contributed by atoms with Crippen LogP contribution in [0.15, 0.2) is 24.3 Å². The summed E-state index contributed by atoms with van der Waals surface area (Å²) in [5.41, 5.74) is -2.59. The summed E-state index contributed by atoms with van der Waals surface area (Å²) in [6.45, 7) is 0. The van der Waals surface area contributed by atoms with Crippen LogP contribution in [0, 0.1) is 10.1 Å². The van der Waals surface area contributed by atoms with Crippen molar-refractivity contribution < 1.29 is 23.6 Å². The molecule has 0 saturated carbocycles. The molecule has 1 aromatic carbocycles. The summed E-state index contributed by atoms with van der Waals surface area (Å²) in [4.78, 5) is 21.2. The Morgan fingerprint density at radius 2 is 2.05 bits per heavy atom. The molecule has 21 heavy (non-hydrogen) atoms. The fourth-order valence-corrected chi connectivity index (χ4v) is 2.03. The first-order valence-electron chi connectivity index (χ1n) is 5.38. The summed E-state index contributed by atoms with van der Waals surface area (Å²) in [5.74, 6) is -1.69. The highest BCUT2D eigenvalue weighted by Crippen LogP contribution is 2.32. The number of para-hydroxylation sites is 2. The number of nitro groups is 1. The van der Waals surface area contributed by atoms with Crippen molar-refractivity contribution in [2.24, 2.45) is 0 Å². The van der Waals surface area contributed by atoms with E-state index in [0.29, 0.717) is 4.68 Å². The van der Waals surface area contributed by atoms with Gasteiger partial charge in [-0.3, -0.25) is 10.1 Å². The van der Waals surface area contributed by atoms with Gasteiger partial charge < -0.3 is 5.11 Å². The van der Waals surface area contributed by atoms with Gasteiger partial charge in [-0.05, 0) is 6.07 Å². The number of nitrogens with zero attached hydrogens (tertiary/aromatic N) is 3. The van der Waals surface area contributed by atoms with E-state index < -0.39 is 39.4 Å². The van der Waals surface area contributed by atoms with Crippen molar-refractivity contribution in [3.8, 4) is 5.69 Å². The lowest BCUT2D eigenvalue weighted by atomic mass is 10.2. The number of rotatable bonds is 4. The van der Waals surface area contributed by atoms with Gasteiger partial charge in [-0.15, -0.1) is 0 Å². The fourth-order valence-electron chi connectivity index (χ4n) is 1.72. The molecule has 2 rings (SSSR count). The molecule has 1 heterocycles. The van der Waals surface area contributed by atoms with E-state index in [9.17, 15) is 23.7 Å². The molecule has 0 fully saturated rings. The van der Waals surface area contributed by atoms with E-state index in [1.807, 2.05) is 0 Å². The summed E-state index contributed by atoms with van der Waals surface area (Å²) in [7, 11) is 0. The number of benzene rings is 1. The van der Waals surface area contributed by atoms with Crippen LogP contribution in [0.2, 0.25) is 5.15 Å². The Bertz CT molecular complexity index is 732. The Kier molecular flexibility index (Phi) is 3.85. The number of aromatic carboxylic acids is 1. The number of carboxylic acids is 1. The third kappa shape index (κ3) is 2.55. The second-order valence-electron chi connectivity index (χ2n) is 3.81. The molecule has 0 amide bonds. The maximum absolute atomic E-state index is 12.8. The Hall–Kier alpha value is -2.55. The molecule has 0 saturated heterocycles. The number of carboxylic acid groups (broad SMARTS) is 1. The first-order valence-corrected chi connectivity index (χ1v) is 5.76. The Morgan fingerprint density at radius 3 is 2.52 bits per heavy atom. The number of hydrogen-bond acceptors (Lipinski definition) is 4. The minimum atomic E-state index is -3.18. The zero-order valence-electron chi connectivity index (χ0n) is 10.0. The molecule has 1 N–H and O–H groups in total. The van der Waals surface area contributed by atoms with Crippen LogP contribution in [-0.2, 0) is 0 Å². The largest absolute Gasteiger partial charge is 0.478 e. The van der Waals surface area contributed by atoms with Gasteiger partial charge >= 0.3 is 5.97 Å². The highest BCUT2D eigenvalue weighted by molar-refractivity contribution is 6.33. The molecule has 110 valence electrons. The Balaban J connectivity index is 2.75. The summed E-state index contributed by atoms with van der Waals surface area (Å²) in [5, 5.41) is 22.6. The van der Waals surface area contributed by atoms with Crippen LogP contribution in [0.1, 0.15) is 22.5 Å². The zero-order chi connectivity index (χ0) is 15.7. The van der Waals surface area contributed by atoms with E-state index in [1.165, 1.54) is 18.2 Å².